The Balaban J connectivity index is 1.86. The van der Waals surface area contributed by atoms with Crippen molar-refractivity contribution in [1.82, 2.24) is 14.8 Å². The van der Waals surface area contributed by atoms with Crippen LogP contribution in [-0.2, 0) is 0 Å². The summed E-state index contributed by atoms with van der Waals surface area (Å²) < 4.78 is 7.22. The molecule has 4 rings (SSSR count). The topological polar surface area (TPSA) is 93.2 Å². The smallest absolute Gasteiger partial charge is 0.256 e. The number of amides is 1. The van der Waals surface area contributed by atoms with Crippen LogP contribution in [0.15, 0.2) is 59.3 Å². The molecule has 2 N–H and O–H groups in total. The van der Waals surface area contributed by atoms with Gasteiger partial charge in [-0.2, -0.15) is 5.10 Å². The van der Waals surface area contributed by atoms with Crippen LogP contribution in [0.2, 0.25) is 0 Å². The molecule has 0 atom stereocenters. The Bertz CT molecular complexity index is 1110. The number of benzene rings is 1. The van der Waals surface area contributed by atoms with E-state index >= 15 is 0 Å². The van der Waals surface area contributed by atoms with E-state index in [9.17, 15) is 9.90 Å². The summed E-state index contributed by atoms with van der Waals surface area (Å²) >= 11 is 0. The highest BCUT2D eigenvalue weighted by molar-refractivity contribution is 6.13. The highest BCUT2D eigenvalue weighted by Crippen LogP contribution is 2.28. The third-order valence-corrected chi connectivity index (χ3v) is 4.23. The summed E-state index contributed by atoms with van der Waals surface area (Å²) in [5.74, 6) is 0.199. The molecule has 1 amide bonds. The number of rotatable bonds is 4. The van der Waals surface area contributed by atoms with Crippen molar-refractivity contribution in [1.29, 1.82) is 0 Å². The molecule has 1 aromatic carbocycles. The fraction of sp³-hybridized carbons (Fsp3) is 0.150. The number of nitrogens with one attached hydrogen (secondary N) is 1. The largest absolute Gasteiger partial charge is 0.506 e. The van der Waals surface area contributed by atoms with E-state index in [1.807, 2.05) is 13.8 Å². The van der Waals surface area contributed by atoms with Gasteiger partial charge < -0.3 is 14.8 Å². The minimum absolute atomic E-state index is 0.000263. The van der Waals surface area contributed by atoms with E-state index in [1.165, 1.54) is 6.07 Å². The Morgan fingerprint density at radius 2 is 2.04 bits per heavy atom. The lowest BCUT2D eigenvalue weighted by Gasteiger charge is -2.11. The van der Waals surface area contributed by atoms with Crippen molar-refractivity contribution in [2.24, 2.45) is 0 Å². The van der Waals surface area contributed by atoms with Crippen LogP contribution in [0.4, 0.5) is 5.69 Å². The van der Waals surface area contributed by atoms with Gasteiger partial charge in [0.15, 0.2) is 11.4 Å². The number of carbonyl (C=O) groups excluding carboxylic acids is 1. The SMILES string of the molecule is CC(C)n1ncc2c(C(=O)Nc3ccccc3O)cc(-c3ccco3)nc21. The van der Waals surface area contributed by atoms with Gasteiger partial charge in [0.25, 0.3) is 5.91 Å². The number of aromatic hydroxyl groups is 1. The first-order valence-corrected chi connectivity index (χ1v) is 8.56. The average molecular weight is 362 g/mol. The van der Waals surface area contributed by atoms with E-state index in [1.54, 1.807) is 53.5 Å². The Labute approximate surface area is 155 Å². The van der Waals surface area contributed by atoms with Crippen molar-refractivity contribution < 1.29 is 14.3 Å². The lowest BCUT2D eigenvalue weighted by molar-refractivity contribution is 0.102. The zero-order valence-corrected chi connectivity index (χ0v) is 14.9. The van der Waals surface area contributed by atoms with Crippen LogP contribution >= 0.6 is 0 Å². The first-order chi connectivity index (χ1) is 13.0. The van der Waals surface area contributed by atoms with E-state index < -0.39 is 0 Å². The van der Waals surface area contributed by atoms with Crippen LogP contribution < -0.4 is 5.32 Å². The molecule has 4 aromatic rings. The first kappa shape index (κ1) is 16.8. The number of anilines is 1. The van der Waals surface area contributed by atoms with Gasteiger partial charge in [0, 0.05) is 6.04 Å². The van der Waals surface area contributed by atoms with Crippen molar-refractivity contribution >= 4 is 22.6 Å². The minimum atomic E-state index is -0.361. The number of fused-ring (bicyclic) bond motifs is 1. The predicted octanol–water partition coefficient (Wildman–Crippen LogP) is 4.23. The Hall–Kier alpha value is -3.61. The first-order valence-electron chi connectivity index (χ1n) is 8.56. The maximum Gasteiger partial charge on any atom is 0.256 e. The predicted molar refractivity (Wildman–Crippen MR) is 102 cm³/mol. The maximum absolute atomic E-state index is 13.0. The quantitative estimate of drug-likeness (QED) is 0.530. The highest BCUT2D eigenvalue weighted by atomic mass is 16.3. The van der Waals surface area contributed by atoms with Crippen molar-refractivity contribution in [3.63, 3.8) is 0 Å². The minimum Gasteiger partial charge on any atom is -0.506 e. The number of phenolic OH excluding ortho intramolecular Hbond substituents is 1. The summed E-state index contributed by atoms with van der Waals surface area (Å²) in [7, 11) is 0. The van der Waals surface area contributed by atoms with Crippen LogP contribution in [0, 0.1) is 0 Å². The number of phenols is 1. The summed E-state index contributed by atoms with van der Waals surface area (Å²) in [6.07, 6.45) is 3.19. The van der Waals surface area contributed by atoms with Gasteiger partial charge in [-0.25, -0.2) is 9.67 Å². The lowest BCUT2D eigenvalue weighted by atomic mass is 10.1. The molecule has 0 spiro atoms. The van der Waals surface area contributed by atoms with Crippen LogP contribution in [0.25, 0.3) is 22.5 Å². The second kappa shape index (κ2) is 6.60. The molecule has 0 unspecified atom stereocenters. The summed E-state index contributed by atoms with van der Waals surface area (Å²) in [4.78, 5) is 17.6. The number of furan rings is 1. The summed E-state index contributed by atoms with van der Waals surface area (Å²) in [5, 5.41) is 17.7. The molecule has 0 aliphatic rings. The molecule has 0 fully saturated rings. The van der Waals surface area contributed by atoms with Crippen LogP contribution in [0.5, 0.6) is 5.75 Å². The number of aromatic nitrogens is 3. The third kappa shape index (κ3) is 3.03. The Morgan fingerprint density at radius 3 is 2.74 bits per heavy atom. The zero-order valence-electron chi connectivity index (χ0n) is 14.9. The van der Waals surface area contributed by atoms with E-state index in [4.69, 9.17) is 4.42 Å². The number of hydrogen-bond donors (Lipinski definition) is 2. The van der Waals surface area contributed by atoms with Crippen molar-refractivity contribution in [2.45, 2.75) is 19.9 Å². The van der Waals surface area contributed by atoms with Gasteiger partial charge in [-0.1, -0.05) is 12.1 Å². The van der Waals surface area contributed by atoms with E-state index in [0.29, 0.717) is 33.7 Å². The number of pyridine rings is 1. The number of carbonyl (C=O) groups is 1. The third-order valence-electron chi connectivity index (χ3n) is 4.23. The van der Waals surface area contributed by atoms with Gasteiger partial charge in [0.05, 0.1) is 29.1 Å². The normalized spacial score (nSPS) is 11.2. The second-order valence-corrected chi connectivity index (χ2v) is 6.42. The standard InChI is InChI=1S/C20H18N4O3/c1-12(2)24-19-14(11-21-24)13(10-16(22-19)18-8-5-9-27-18)20(26)23-15-6-3-4-7-17(15)25/h3-12,25H,1-2H3,(H,23,26). The fourth-order valence-electron chi connectivity index (χ4n) is 2.90. The molecule has 0 saturated carbocycles. The van der Waals surface area contributed by atoms with Gasteiger partial charge in [0.1, 0.15) is 11.4 Å². The maximum atomic E-state index is 13.0. The molecular formula is C20H18N4O3. The molecule has 7 nitrogen and oxygen atoms in total. The molecule has 7 heteroatoms. The molecule has 136 valence electrons. The second-order valence-electron chi connectivity index (χ2n) is 6.42. The average Bonchev–Trinajstić information content (AvgIpc) is 3.32. The van der Waals surface area contributed by atoms with Crippen molar-refractivity contribution in [3.05, 3.63) is 60.5 Å². The van der Waals surface area contributed by atoms with Crippen LogP contribution in [-0.4, -0.2) is 25.8 Å². The van der Waals surface area contributed by atoms with Gasteiger partial charge >= 0.3 is 0 Å². The Kier molecular flexibility index (Phi) is 4.12. The number of para-hydroxylation sites is 2. The molecule has 0 aliphatic heterocycles. The number of hydrogen-bond acceptors (Lipinski definition) is 5. The monoisotopic (exact) mass is 362 g/mol. The van der Waals surface area contributed by atoms with Gasteiger partial charge in [0.2, 0.25) is 0 Å². The van der Waals surface area contributed by atoms with Gasteiger partial charge in [-0.3, -0.25) is 4.79 Å². The summed E-state index contributed by atoms with van der Waals surface area (Å²) in [5.41, 5.74) is 1.88. The number of nitrogens with zero attached hydrogens (tertiary/aromatic N) is 3. The van der Waals surface area contributed by atoms with Gasteiger partial charge in [-0.05, 0) is 44.2 Å². The molecular weight excluding hydrogens is 344 g/mol. The molecule has 0 aliphatic carbocycles. The molecule has 0 radical (unpaired) electrons. The van der Waals surface area contributed by atoms with E-state index in [-0.39, 0.29) is 17.7 Å². The molecule has 27 heavy (non-hydrogen) atoms. The van der Waals surface area contributed by atoms with Crippen molar-refractivity contribution in [2.75, 3.05) is 5.32 Å². The van der Waals surface area contributed by atoms with E-state index in [2.05, 4.69) is 15.4 Å². The van der Waals surface area contributed by atoms with E-state index in [0.717, 1.165) is 0 Å². The zero-order chi connectivity index (χ0) is 19.0. The molecule has 3 aromatic heterocycles. The van der Waals surface area contributed by atoms with Gasteiger partial charge in [-0.15, -0.1) is 0 Å². The van der Waals surface area contributed by atoms with Crippen LogP contribution in [0.3, 0.4) is 0 Å². The Morgan fingerprint density at radius 1 is 1.22 bits per heavy atom. The fourth-order valence-corrected chi connectivity index (χ4v) is 2.90. The van der Waals surface area contributed by atoms with Crippen LogP contribution in [0.1, 0.15) is 30.2 Å². The summed E-state index contributed by atoms with van der Waals surface area (Å²) in [6.45, 7) is 3.99. The molecule has 0 bridgehead atoms. The lowest BCUT2D eigenvalue weighted by Crippen LogP contribution is -2.13. The van der Waals surface area contributed by atoms with Crippen molar-refractivity contribution in [3.8, 4) is 17.2 Å². The highest BCUT2D eigenvalue weighted by Gasteiger charge is 2.20. The molecule has 0 saturated heterocycles. The molecule has 3 heterocycles. The summed E-state index contributed by atoms with van der Waals surface area (Å²) in [6, 6.07) is 11.9.